The number of fused-ring (bicyclic) bond motifs is 4. The molecule has 2 aromatic carbocycles. The van der Waals surface area contributed by atoms with Crippen molar-refractivity contribution in [2.45, 2.75) is 37.9 Å². The summed E-state index contributed by atoms with van der Waals surface area (Å²) in [5.74, 6) is -6.45. The summed E-state index contributed by atoms with van der Waals surface area (Å²) < 4.78 is 11.0. The third-order valence-corrected chi connectivity index (χ3v) is 5.41. The van der Waals surface area contributed by atoms with Crippen LogP contribution in [0.15, 0.2) is 12.1 Å². The Labute approximate surface area is 169 Å². The normalized spacial score (nSPS) is 20.9. The van der Waals surface area contributed by atoms with Crippen LogP contribution in [0.1, 0.15) is 46.4 Å². The smallest absolute Gasteiger partial charge is 0.339 e. The number of aromatic hydroxyl groups is 5. The molecular formula is C20H19NO9. The lowest BCUT2D eigenvalue weighted by atomic mass is 9.90. The summed E-state index contributed by atoms with van der Waals surface area (Å²) in [6.45, 7) is 0. The molecule has 0 radical (unpaired) electrons. The Morgan fingerprint density at radius 1 is 0.733 bits per heavy atom. The first kappa shape index (κ1) is 19.5. The first-order valence-corrected chi connectivity index (χ1v) is 9.25. The third kappa shape index (κ3) is 2.88. The maximum absolute atomic E-state index is 12.9. The van der Waals surface area contributed by atoms with Gasteiger partial charge >= 0.3 is 11.9 Å². The molecule has 0 amide bonds. The number of hydrogen-bond donors (Lipinski definition) is 6. The van der Waals surface area contributed by atoms with Gasteiger partial charge in [-0.1, -0.05) is 0 Å². The number of anilines is 1. The molecule has 2 aliphatic rings. The van der Waals surface area contributed by atoms with Crippen molar-refractivity contribution in [2.24, 2.45) is 0 Å². The molecule has 4 rings (SSSR count). The van der Waals surface area contributed by atoms with E-state index >= 15 is 0 Å². The second-order valence-electron chi connectivity index (χ2n) is 7.27. The molecular weight excluding hydrogens is 398 g/mol. The van der Waals surface area contributed by atoms with Crippen LogP contribution in [-0.4, -0.2) is 49.7 Å². The Morgan fingerprint density at radius 2 is 1.20 bits per heavy atom. The fraction of sp³-hybridized carbons (Fsp3) is 0.300. The van der Waals surface area contributed by atoms with Crippen molar-refractivity contribution in [3.05, 3.63) is 23.3 Å². The zero-order chi connectivity index (χ0) is 21.7. The van der Waals surface area contributed by atoms with Crippen molar-refractivity contribution >= 4 is 17.6 Å². The monoisotopic (exact) mass is 417 g/mol. The molecule has 0 saturated heterocycles. The number of nitrogens with two attached hydrogens (primary N) is 1. The van der Waals surface area contributed by atoms with Gasteiger partial charge in [0.05, 0.1) is 16.8 Å². The highest BCUT2D eigenvalue weighted by Gasteiger charge is 2.38. The van der Waals surface area contributed by atoms with Crippen LogP contribution in [0, 0.1) is 0 Å². The van der Waals surface area contributed by atoms with Crippen molar-refractivity contribution in [2.75, 3.05) is 5.73 Å². The molecule has 1 aliphatic carbocycles. The second kappa shape index (κ2) is 6.90. The van der Waals surface area contributed by atoms with E-state index in [1.54, 1.807) is 0 Å². The van der Waals surface area contributed by atoms with Gasteiger partial charge in [0.25, 0.3) is 0 Å². The molecule has 1 heterocycles. The molecule has 10 nitrogen and oxygen atoms in total. The SMILES string of the molecule is Nc1cc2c(c(O)c1O)-c1c(cc(O)c(O)c1O)C(=O)OC1CCCCC1OC2=O. The first-order valence-electron chi connectivity index (χ1n) is 9.25. The summed E-state index contributed by atoms with van der Waals surface area (Å²) in [6, 6.07) is 1.87. The minimum absolute atomic E-state index is 0.341. The van der Waals surface area contributed by atoms with Crippen molar-refractivity contribution in [3.8, 4) is 39.9 Å². The number of carbonyl (C=O) groups excluding carboxylic acids is 2. The number of phenolic OH excluding ortho intramolecular Hbond substituents is 5. The van der Waals surface area contributed by atoms with E-state index in [1.807, 2.05) is 0 Å². The Hall–Kier alpha value is -3.82. The number of benzene rings is 2. The molecule has 2 unspecified atom stereocenters. The highest BCUT2D eigenvalue weighted by Crippen LogP contribution is 2.52. The average Bonchev–Trinajstić information content (AvgIpc) is 2.71. The maximum atomic E-state index is 12.9. The maximum Gasteiger partial charge on any atom is 0.339 e. The summed E-state index contributed by atoms with van der Waals surface area (Å²) >= 11 is 0. The van der Waals surface area contributed by atoms with Crippen LogP contribution in [0.25, 0.3) is 11.1 Å². The van der Waals surface area contributed by atoms with Gasteiger partial charge in [-0.3, -0.25) is 0 Å². The summed E-state index contributed by atoms with van der Waals surface area (Å²) in [5, 5.41) is 51.0. The topological polar surface area (TPSA) is 180 Å². The van der Waals surface area contributed by atoms with Gasteiger partial charge in [-0.25, -0.2) is 9.59 Å². The predicted octanol–water partition coefficient (Wildman–Crippen LogP) is 2.10. The number of esters is 2. The molecule has 2 atom stereocenters. The largest absolute Gasteiger partial charge is 0.504 e. The van der Waals surface area contributed by atoms with Gasteiger partial charge in [-0.05, 0) is 37.8 Å². The van der Waals surface area contributed by atoms with Crippen molar-refractivity contribution in [1.29, 1.82) is 0 Å². The van der Waals surface area contributed by atoms with Crippen molar-refractivity contribution < 1.29 is 44.6 Å². The highest BCUT2D eigenvalue weighted by molar-refractivity contribution is 6.09. The number of ether oxygens (including phenoxy) is 2. The minimum Gasteiger partial charge on any atom is -0.504 e. The molecule has 1 saturated carbocycles. The number of phenols is 5. The lowest BCUT2D eigenvalue weighted by Crippen LogP contribution is -2.38. The molecule has 1 aliphatic heterocycles. The fourth-order valence-corrected chi connectivity index (χ4v) is 3.89. The van der Waals surface area contributed by atoms with E-state index in [0.717, 1.165) is 25.0 Å². The number of hydrogen-bond acceptors (Lipinski definition) is 10. The van der Waals surface area contributed by atoms with Crippen LogP contribution >= 0.6 is 0 Å². The van der Waals surface area contributed by atoms with Crippen LogP contribution in [0.3, 0.4) is 0 Å². The van der Waals surface area contributed by atoms with Gasteiger partial charge in [-0.15, -0.1) is 0 Å². The molecule has 2 aromatic rings. The highest BCUT2D eigenvalue weighted by atomic mass is 16.6. The van der Waals surface area contributed by atoms with E-state index in [9.17, 15) is 35.1 Å². The first-order chi connectivity index (χ1) is 14.2. The van der Waals surface area contributed by atoms with E-state index in [1.165, 1.54) is 0 Å². The Kier molecular flexibility index (Phi) is 4.49. The standard InChI is InChI=1S/C20H19NO9/c21-9-5-7-13(17(25)15(9)23)14-8(6-10(22)16(24)18(14)26)20(28)30-12-4-2-1-3-11(12)29-19(7)27/h5-6,11-12,22-26H,1-4,21H2. The Bertz CT molecular complexity index is 993. The third-order valence-electron chi connectivity index (χ3n) is 5.41. The molecule has 158 valence electrons. The average molecular weight is 417 g/mol. The van der Waals surface area contributed by atoms with Crippen LogP contribution in [-0.2, 0) is 9.47 Å². The lowest BCUT2D eigenvalue weighted by molar-refractivity contribution is -0.0516. The number of rotatable bonds is 0. The van der Waals surface area contributed by atoms with E-state index in [2.05, 4.69) is 0 Å². The van der Waals surface area contributed by atoms with Gasteiger partial charge in [0, 0.05) is 11.1 Å². The van der Waals surface area contributed by atoms with Gasteiger partial charge in [0.15, 0.2) is 23.0 Å². The molecule has 0 aromatic heterocycles. The summed E-state index contributed by atoms with van der Waals surface area (Å²) in [6.07, 6.45) is 0.853. The van der Waals surface area contributed by atoms with E-state index in [0.29, 0.717) is 12.8 Å². The van der Waals surface area contributed by atoms with E-state index in [4.69, 9.17) is 15.2 Å². The van der Waals surface area contributed by atoms with Gasteiger partial charge in [0.1, 0.15) is 12.2 Å². The number of nitrogen functional groups attached to an aromatic ring is 1. The fourth-order valence-electron chi connectivity index (χ4n) is 3.89. The Morgan fingerprint density at radius 3 is 1.73 bits per heavy atom. The van der Waals surface area contributed by atoms with Crippen LogP contribution in [0.5, 0.6) is 28.7 Å². The van der Waals surface area contributed by atoms with Crippen LogP contribution < -0.4 is 5.73 Å². The van der Waals surface area contributed by atoms with Crippen molar-refractivity contribution in [1.82, 2.24) is 0 Å². The molecule has 1 fully saturated rings. The van der Waals surface area contributed by atoms with Crippen molar-refractivity contribution in [3.63, 3.8) is 0 Å². The lowest BCUT2D eigenvalue weighted by Gasteiger charge is -2.32. The van der Waals surface area contributed by atoms with Gasteiger partial charge in [0.2, 0.25) is 5.75 Å². The second-order valence-corrected chi connectivity index (χ2v) is 7.27. The van der Waals surface area contributed by atoms with E-state index < -0.39 is 69.6 Å². The zero-order valence-corrected chi connectivity index (χ0v) is 15.6. The molecule has 30 heavy (non-hydrogen) atoms. The minimum atomic E-state index is -1.00. The number of carbonyl (C=O) groups is 2. The quantitative estimate of drug-likeness (QED) is 0.211. The molecule has 0 bridgehead atoms. The zero-order valence-electron chi connectivity index (χ0n) is 15.6. The molecule has 7 N–H and O–H groups in total. The summed E-state index contributed by atoms with van der Waals surface area (Å²) in [7, 11) is 0. The summed E-state index contributed by atoms with van der Waals surface area (Å²) in [4.78, 5) is 25.9. The van der Waals surface area contributed by atoms with E-state index in [-0.39, 0.29) is 11.3 Å². The summed E-state index contributed by atoms with van der Waals surface area (Å²) in [5.41, 5.74) is 3.54. The predicted molar refractivity (Wildman–Crippen MR) is 101 cm³/mol. The van der Waals surface area contributed by atoms with Gasteiger partial charge in [-0.2, -0.15) is 0 Å². The molecule has 0 spiro atoms. The van der Waals surface area contributed by atoms with Crippen LogP contribution in [0.2, 0.25) is 0 Å². The molecule has 10 heteroatoms. The van der Waals surface area contributed by atoms with Crippen LogP contribution in [0.4, 0.5) is 5.69 Å². The Balaban J connectivity index is 2.07. The van der Waals surface area contributed by atoms with Gasteiger partial charge < -0.3 is 40.7 Å².